The van der Waals surface area contributed by atoms with E-state index in [0.29, 0.717) is 50.6 Å². The molecule has 2 aliphatic rings. The van der Waals surface area contributed by atoms with E-state index in [9.17, 15) is 9.18 Å². The van der Waals surface area contributed by atoms with E-state index in [1.165, 1.54) is 6.07 Å². The van der Waals surface area contributed by atoms with E-state index in [1.54, 1.807) is 60.8 Å². The summed E-state index contributed by atoms with van der Waals surface area (Å²) in [5, 5.41) is 12.1. The number of carbonyl (C=O) groups is 1. The monoisotopic (exact) mass is 581 g/mol. The van der Waals surface area contributed by atoms with Gasteiger partial charge in [-0.05, 0) is 55.6 Å². The van der Waals surface area contributed by atoms with Crippen LogP contribution >= 0.6 is 11.6 Å². The summed E-state index contributed by atoms with van der Waals surface area (Å²) in [6.45, 7) is 3.59. The Morgan fingerprint density at radius 1 is 1.00 bits per heavy atom. The van der Waals surface area contributed by atoms with Crippen molar-refractivity contribution in [3.63, 3.8) is 0 Å². The fourth-order valence-electron chi connectivity index (χ4n) is 5.18. The van der Waals surface area contributed by atoms with E-state index < -0.39 is 0 Å². The lowest BCUT2D eigenvalue weighted by atomic mass is 9.95. The van der Waals surface area contributed by atoms with Crippen LogP contribution in [-0.4, -0.2) is 70.3 Å². The van der Waals surface area contributed by atoms with E-state index in [1.807, 2.05) is 11.0 Å². The Balaban J connectivity index is 1.21. The van der Waals surface area contributed by atoms with Gasteiger partial charge in [0.15, 0.2) is 5.78 Å². The van der Waals surface area contributed by atoms with Crippen molar-refractivity contribution in [3.05, 3.63) is 106 Å². The van der Waals surface area contributed by atoms with Crippen LogP contribution in [0.4, 0.5) is 16.0 Å². The first-order valence-corrected chi connectivity index (χ1v) is 14.1. The molecule has 3 aromatic carbocycles. The Labute approximate surface area is 248 Å². The number of piperazine rings is 1. The van der Waals surface area contributed by atoms with Gasteiger partial charge in [0.25, 0.3) is 0 Å². The van der Waals surface area contributed by atoms with E-state index in [2.05, 4.69) is 22.2 Å². The molecule has 0 aliphatic carbocycles. The summed E-state index contributed by atoms with van der Waals surface area (Å²) in [6.07, 6.45) is 1.80. The number of hydrogen-bond acceptors (Lipinski definition) is 7. The number of amidine groups is 1. The molecule has 6 rings (SSSR count). The average Bonchev–Trinajstić information content (AvgIpc) is 3.14. The predicted molar refractivity (Wildman–Crippen MR) is 164 cm³/mol. The number of hydrogen-bond donors (Lipinski definition) is 2. The summed E-state index contributed by atoms with van der Waals surface area (Å²) in [7, 11) is 2.06. The highest BCUT2D eigenvalue weighted by Gasteiger charge is 2.23. The predicted octanol–water partition coefficient (Wildman–Crippen LogP) is 5.83. The van der Waals surface area contributed by atoms with Gasteiger partial charge in [0.05, 0.1) is 24.4 Å². The standard InChI is InChI=1S/C32H29ClFN7O/c1-40-12-14-41(15-13-40)29(35)17-28(42)20-6-9-23(10-7-20)38-32-37-19-21-18-36-31(25-4-2-3-5-27(25)34)26-16-22(33)8-11-24(26)30(21)39-32/h2-11,16,19,35H,12-15,17-18H2,1H3,(H,37,38,39). The fraction of sp³-hybridized carbons (Fsp3) is 0.219. The molecule has 2 N–H and O–H groups in total. The molecule has 2 aliphatic heterocycles. The first-order chi connectivity index (χ1) is 20.4. The molecule has 0 bridgehead atoms. The van der Waals surface area contributed by atoms with Crippen molar-refractivity contribution in [1.82, 2.24) is 19.8 Å². The van der Waals surface area contributed by atoms with Crippen LogP contribution in [0.15, 0.2) is 77.9 Å². The van der Waals surface area contributed by atoms with E-state index in [-0.39, 0.29) is 24.6 Å². The Hall–Kier alpha value is -4.47. The third-order valence-corrected chi connectivity index (χ3v) is 7.80. The summed E-state index contributed by atoms with van der Waals surface area (Å²) >= 11 is 6.36. The van der Waals surface area contributed by atoms with Gasteiger partial charge >= 0.3 is 0 Å². The van der Waals surface area contributed by atoms with Crippen molar-refractivity contribution in [2.45, 2.75) is 13.0 Å². The minimum atomic E-state index is -0.361. The number of halogens is 2. The molecular weight excluding hydrogens is 553 g/mol. The van der Waals surface area contributed by atoms with Gasteiger partial charge in [-0.2, -0.15) is 0 Å². The second-order valence-corrected chi connectivity index (χ2v) is 10.9. The molecule has 1 fully saturated rings. The van der Waals surface area contributed by atoms with Gasteiger partial charge in [-0.3, -0.25) is 15.2 Å². The van der Waals surface area contributed by atoms with Crippen LogP contribution < -0.4 is 5.32 Å². The lowest BCUT2D eigenvalue weighted by Gasteiger charge is -2.33. The minimum Gasteiger partial charge on any atom is -0.358 e. The maximum atomic E-state index is 14.8. The second kappa shape index (κ2) is 11.8. The average molecular weight is 582 g/mol. The lowest BCUT2D eigenvalue weighted by Crippen LogP contribution is -2.47. The Kier molecular flexibility index (Phi) is 7.78. The molecule has 0 amide bonds. The number of anilines is 2. The molecule has 0 unspecified atom stereocenters. The van der Waals surface area contributed by atoms with Crippen molar-refractivity contribution in [1.29, 1.82) is 5.41 Å². The Bertz CT molecular complexity index is 1700. The summed E-state index contributed by atoms with van der Waals surface area (Å²) in [5.74, 6) is 0.282. The zero-order valence-corrected chi connectivity index (χ0v) is 23.8. The number of rotatable bonds is 6. The molecule has 0 saturated carbocycles. The molecule has 42 heavy (non-hydrogen) atoms. The summed E-state index contributed by atoms with van der Waals surface area (Å²) in [5.41, 5.74) is 5.14. The number of carbonyl (C=O) groups excluding carboxylic acids is 1. The molecule has 3 heterocycles. The van der Waals surface area contributed by atoms with Crippen molar-refractivity contribution >= 4 is 40.6 Å². The van der Waals surface area contributed by atoms with Crippen LogP contribution in [0.2, 0.25) is 5.02 Å². The molecule has 1 saturated heterocycles. The number of ketones is 1. The largest absolute Gasteiger partial charge is 0.358 e. The zero-order valence-electron chi connectivity index (χ0n) is 23.1. The van der Waals surface area contributed by atoms with E-state index in [4.69, 9.17) is 27.0 Å². The van der Waals surface area contributed by atoms with Gasteiger partial charge in [0, 0.05) is 70.9 Å². The maximum absolute atomic E-state index is 14.8. The van der Waals surface area contributed by atoms with E-state index >= 15 is 0 Å². The molecule has 10 heteroatoms. The molecule has 1 aromatic heterocycles. The van der Waals surface area contributed by atoms with Crippen LogP contribution in [-0.2, 0) is 6.54 Å². The number of aromatic nitrogens is 2. The number of aliphatic imine (C=N–C) groups is 1. The highest BCUT2D eigenvalue weighted by atomic mass is 35.5. The number of nitrogens with one attached hydrogen (secondary N) is 2. The molecule has 4 aromatic rings. The first-order valence-electron chi connectivity index (χ1n) is 13.7. The first kappa shape index (κ1) is 27.7. The highest BCUT2D eigenvalue weighted by Crippen LogP contribution is 2.34. The van der Waals surface area contributed by atoms with Gasteiger partial charge < -0.3 is 15.1 Å². The fourth-order valence-corrected chi connectivity index (χ4v) is 5.35. The van der Waals surface area contributed by atoms with Gasteiger partial charge in [0.2, 0.25) is 5.95 Å². The summed E-state index contributed by atoms with van der Waals surface area (Å²) in [6, 6.07) is 19.1. The molecule has 0 radical (unpaired) electrons. The van der Waals surface area contributed by atoms with Crippen LogP contribution in [0.1, 0.15) is 33.5 Å². The number of benzene rings is 3. The Morgan fingerprint density at radius 3 is 2.52 bits per heavy atom. The van der Waals surface area contributed by atoms with Crippen molar-refractivity contribution in [3.8, 4) is 11.3 Å². The van der Waals surface area contributed by atoms with Gasteiger partial charge in [-0.25, -0.2) is 14.4 Å². The normalized spacial score (nSPS) is 14.8. The lowest BCUT2D eigenvalue weighted by molar-refractivity contribution is 0.0995. The van der Waals surface area contributed by atoms with Crippen LogP contribution in [0.25, 0.3) is 11.3 Å². The van der Waals surface area contributed by atoms with Crippen molar-refractivity contribution < 1.29 is 9.18 Å². The van der Waals surface area contributed by atoms with Gasteiger partial charge in [0.1, 0.15) is 11.7 Å². The van der Waals surface area contributed by atoms with E-state index in [0.717, 1.165) is 37.3 Å². The highest BCUT2D eigenvalue weighted by molar-refractivity contribution is 6.31. The van der Waals surface area contributed by atoms with Crippen LogP contribution in [0.3, 0.4) is 0 Å². The molecule has 0 spiro atoms. The number of fused-ring (bicyclic) bond motifs is 3. The number of nitrogens with zero attached hydrogens (tertiary/aromatic N) is 5. The molecule has 0 atom stereocenters. The summed E-state index contributed by atoms with van der Waals surface area (Å²) in [4.78, 5) is 31.1. The topological polar surface area (TPSA) is 97.6 Å². The Morgan fingerprint density at radius 2 is 1.76 bits per heavy atom. The number of Topliss-reactive ketones (excluding diaryl/α,β-unsaturated/α-hetero) is 1. The smallest absolute Gasteiger partial charge is 0.227 e. The van der Waals surface area contributed by atoms with Crippen LogP contribution in [0.5, 0.6) is 0 Å². The third kappa shape index (κ3) is 5.79. The number of likely N-dealkylation sites (N-methyl/N-ethyl adjacent to an activating group) is 1. The van der Waals surface area contributed by atoms with Gasteiger partial charge in [-0.1, -0.05) is 29.8 Å². The van der Waals surface area contributed by atoms with Gasteiger partial charge in [-0.15, -0.1) is 0 Å². The maximum Gasteiger partial charge on any atom is 0.227 e. The SMILES string of the molecule is CN1CCN(C(=N)CC(=O)c2ccc(Nc3ncc4c(n3)-c3ccc(Cl)cc3C(c3ccccc3F)=NC4)cc2)CC1. The molecule has 212 valence electrons. The van der Waals surface area contributed by atoms with Crippen LogP contribution in [0, 0.1) is 11.2 Å². The molecular formula is C32H29ClFN7O. The zero-order chi connectivity index (χ0) is 29.2. The minimum absolute atomic E-state index is 0.0742. The van der Waals surface area contributed by atoms with Crippen molar-refractivity contribution in [2.75, 3.05) is 38.5 Å². The second-order valence-electron chi connectivity index (χ2n) is 10.4. The molecule has 8 nitrogen and oxygen atoms in total. The quantitative estimate of drug-likeness (QED) is 0.169. The third-order valence-electron chi connectivity index (χ3n) is 7.57. The summed E-state index contributed by atoms with van der Waals surface area (Å²) < 4.78 is 14.8. The van der Waals surface area contributed by atoms with Crippen molar-refractivity contribution in [2.24, 2.45) is 4.99 Å².